The summed E-state index contributed by atoms with van der Waals surface area (Å²) in [5.74, 6) is 0. The van der Waals surface area contributed by atoms with Gasteiger partial charge in [0.05, 0.1) is 0 Å². The first-order valence-corrected chi connectivity index (χ1v) is 2.18. The zero-order valence-electron chi connectivity index (χ0n) is 5.03. The summed E-state index contributed by atoms with van der Waals surface area (Å²) in [6, 6.07) is 0. The van der Waals surface area contributed by atoms with E-state index in [-0.39, 0.29) is 31.0 Å². The molecule has 0 aromatic carbocycles. The number of carboxylic acid groups (broad SMARTS) is 1. The molecule has 0 rings (SSSR count). The fourth-order valence-electron chi connectivity index (χ4n) is 0.0610. The Hall–Kier alpha value is 0.380. The predicted octanol–water partition coefficient (Wildman–Crippen LogP) is -3.07. The second kappa shape index (κ2) is 5.52. The van der Waals surface area contributed by atoms with Crippen molar-refractivity contribution in [2.24, 2.45) is 0 Å². The van der Waals surface area contributed by atoms with Crippen molar-refractivity contribution < 1.29 is 53.8 Å². The van der Waals surface area contributed by atoms with Gasteiger partial charge in [-0.15, -0.1) is 0 Å². The van der Waals surface area contributed by atoms with Crippen LogP contribution in [0.1, 0.15) is 1.43 Å². The molecule has 0 aromatic rings. The zero-order chi connectivity index (χ0) is 5.86. The fourth-order valence-corrected chi connectivity index (χ4v) is 0.183. The van der Waals surface area contributed by atoms with Gasteiger partial charge in [-0.2, -0.15) is 4.21 Å². The van der Waals surface area contributed by atoms with Crippen LogP contribution in [-0.2, 0) is 15.5 Å². The van der Waals surface area contributed by atoms with E-state index in [1.807, 2.05) is 0 Å². The van der Waals surface area contributed by atoms with Crippen LogP contribution in [0.25, 0.3) is 0 Å². The summed E-state index contributed by atoms with van der Waals surface area (Å²) in [5.41, 5.74) is 0. The second-order valence-corrected chi connectivity index (χ2v) is 1.17. The third kappa shape index (κ3) is 9.63. The Balaban J connectivity index is -0.000000180. The monoisotopic (exact) mass is 150 g/mol. The van der Waals surface area contributed by atoms with Crippen LogP contribution >= 0.6 is 0 Å². The molecule has 5 nitrogen and oxygen atoms in total. The average Bonchev–Trinajstić information content (AvgIpc) is 1.27. The molecule has 2 N–H and O–H groups in total. The number of hydrogen-bond donors (Lipinski definition) is 2. The molecule has 0 heterocycles. The Morgan fingerprint density at radius 1 is 1.75 bits per heavy atom. The van der Waals surface area contributed by atoms with Crippen LogP contribution in [0.2, 0.25) is 0 Å². The van der Waals surface area contributed by atoms with E-state index in [1.54, 1.807) is 0 Å². The summed E-state index contributed by atoms with van der Waals surface area (Å²) in [5, 5.41) is 7.51. The van der Waals surface area contributed by atoms with E-state index in [0.717, 1.165) is 0 Å². The van der Waals surface area contributed by atoms with Gasteiger partial charge in [-0.3, -0.25) is 4.55 Å². The largest absolute Gasteiger partial charge is 1.00 e. The first kappa shape index (κ1) is 11.2. The minimum absolute atomic E-state index is 0. The van der Waals surface area contributed by atoms with Gasteiger partial charge in [0.15, 0.2) is 0 Å². The Labute approximate surface area is 71.3 Å². The summed E-state index contributed by atoms with van der Waals surface area (Å²) in [4.78, 5) is 9.23. The third-order valence-electron chi connectivity index (χ3n) is 0.143. The molecule has 0 fully saturated rings. The van der Waals surface area contributed by atoms with E-state index in [0.29, 0.717) is 0 Å². The number of hydrogen-bond acceptors (Lipinski definition) is 3. The van der Waals surface area contributed by atoms with Crippen LogP contribution in [-0.4, -0.2) is 20.0 Å². The first-order chi connectivity index (χ1) is 3.13. The van der Waals surface area contributed by atoms with Crippen molar-refractivity contribution in [2.45, 2.75) is 0 Å². The van der Waals surface area contributed by atoms with Gasteiger partial charge < -0.3 is 10.7 Å². The summed E-state index contributed by atoms with van der Waals surface area (Å²) in [7, 11) is 0. The van der Waals surface area contributed by atoms with Gasteiger partial charge in [0.1, 0.15) is 0 Å². The zero-order valence-corrected chi connectivity index (χ0v) is 6.84. The SMILES string of the molecule is O=C(O)OS(=O)O.[H-].[Na+]. The van der Waals surface area contributed by atoms with E-state index in [1.165, 1.54) is 0 Å². The van der Waals surface area contributed by atoms with Crippen molar-refractivity contribution in [1.29, 1.82) is 0 Å². The van der Waals surface area contributed by atoms with Crippen LogP contribution in [0.15, 0.2) is 0 Å². The average molecular weight is 150 g/mol. The van der Waals surface area contributed by atoms with E-state index < -0.39 is 17.5 Å². The molecule has 0 bridgehead atoms. The maximum atomic E-state index is 9.32. The van der Waals surface area contributed by atoms with Crippen molar-refractivity contribution in [3.05, 3.63) is 0 Å². The Bertz CT molecular complexity index is 93.1. The van der Waals surface area contributed by atoms with Crippen LogP contribution in [0.3, 0.4) is 0 Å². The van der Waals surface area contributed by atoms with E-state index in [9.17, 15) is 9.00 Å². The van der Waals surface area contributed by atoms with Crippen LogP contribution < -0.4 is 29.6 Å². The van der Waals surface area contributed by atoms with Gasteiger partial charge in [0, 0.05) is 0 Å². The maximum Gasteiger partial charge on any atom is 1.00 e. The van der Waals surface area contributed by atoms with Crippen molar-refractivity contribution in [3.63, 3.8) is 0 Å². The molecule has 0 aliphatic heterocycles. The van der Waals surface area contributed by atoms with Crippen molar-refractivity contribution >= 4 is 17.5 Å². The number of rotatable bonds is 1. The topological polar surface area (TPSA) is 83.8 Å². The minimum Gasteiger partial charge on any atom is -1.00 e. The molecule has 0 saturated heterocycles. The molecule has 8 heavy (non-hydrogen) atoms. The smallest absolute Gasteiger partial charge is 1.00 e. The third-order valence-corrected chi connectivity index (χ3v) is 0.428. The van der Waals surface area contributed by atoms with Crippen molar-refractivity contribution in [1.82, 2.24) is 0 Å². The molecule has 1 atom stereocenters. The predicted molar refractivity (Wildman–Crippen MR) is 21.0 cm³/mol. The summed E-state index contributed by atoms with van der Waals surface area (Å²) >= 11 is -2.70. The minimum atomic E-state index is -2.70. The van der Waals surface area contributed by atoms with E-state index in [4.69, 9.17) is 9.66 Å². The molecular formula is CH3NaO5S. The second-order valence-electron chi connectivity index (χ2n) is 0.566. The van der Waals surface area contributed by atoms with Gasteiger partial charge in [-0.1, -0.05) is 0 Å². The number of carbonyl (C=O) groups is 1. The summed E-state index contributed by atoms with van der Waals surface area (Å²) < 4.78 is 20.1. The molecule has 0 spiro atoms. The summed E-state index contributed by atoms with van der Waals surface area (Å²) in [6.45, 7) is 0. The Kier molecular flexibility index (Phi) is 7.73. The standard InChI is InChI=1S/CH2O5S.Na.H/c2-1(3)6-7(4)5;;/h(H,2,3)(H,4,5);;/q;+1;-1. The molecule has 1 unspecified atom stereocenters. The molecule has 44 valence electrons. The normalized spacial score (nSPS) is 11.1. The fraction of sp³-hybridized carbons (Fsp3) is 0. The maximum absolute atomic E-state index is 9.32. The molecule has 0 saturated carbocycles. The van der Waals surface area contributed by atoms with Gasteiger partial charge in [-0.05, 0) is 0 Å². The van der Waals surface area contributed by atoms with Gasteiger partial charge in [-0.25, -0.2) is 4.79 Å². The van der Waals surface area contributed by atoms with Crippen molar-refractivity contribution in [3.8, 4) is 0 Å². The van der Waals surface area contributed by atoms with Crippen LogP contribution in [0.4, 0.5) is 4.79 Å². The van der Waals surface area contributed by atoms with E-state index >= 15 is 0 Å². The Morgan fingerprint density at radius 2 is 2.12 bits per heavy atom. The Morgan fingerprint density at radius 3 is 2.12 bits per heavy atom. The van der Waals surface area contributed by atoms with Gasteiger partial charge in [0.2, 0.25) is 0 Å². The first-order valence-electron chi connectivity index (χ1n) is 1.15. The molecular weight excluding hydrogens is 147 g/mol. The molecule has 7 heteroatoms. The molecule has 0 aliphatic carbocycles. The van der Waals surface area contributed by atoms with Crippen LogP contribution in [0.5, 0.6) is 0 Å². The quantitative estimate of drug-likeness (QED) is 0.306. The van der Waals surface area contributed by atoms with E-state index in [2.05, 4.69) is 4.18 Å². The molecule has 0 aliphatic rings. The molecule has 0 aromatic heterocycles. The van der Waals surface area contributed by atoms with Gasteiger partial charge >= 0.3 is 47.1 Å². The van der Waals surface area contributed by atoms with Gasteiger partial charge in [0.25, 0.3) is 0 Å². The molecule has 0 amide bonds. The summed E-state index contributed by atoms with van der Waals surface area (Å²) in [6.07, 6.45) is -1.76. The van der Waals surface area contributed by atoms with Crippen LogP contribution in [0, 0.1) is 0 Å². The van der Waals surface area contributed by atoms with Crippen molar-refractivity contribution in [2.75, 3.05) is 0 Å². The molecule has 0 radical (unpaired) electrons.